The highest BCUT2D eigenvalue weighted by atomic mass is 35.5. The van der Waals surface area contributed by atoms with E-state index in [0.717, 1.165) is 5.56 Å². The molecule has 0 saturated heterocycles. The first-order valence-corrected chi connectivity index (χ1v) is 5.54. The zero-order chi connectivity index (χ0) is 12.3. The van der Waals surface area contributed by atoms with E-state index < -0.39 is 0 Å². The molecule has 0 fully saturated rings. The summed E-state index contributed by atoms with van der Waals surface area (Å²) in [5.41, 5.74) is 1.56. The zero-order valence-electron chi connectivity index (χ0n) is 9.57. The molecule has 0 atom stereocenters. The molecule has 4 nitrogen and oxygen atoms in total. The van der Waals surface area contributed by atoms with Gasteiger partial charge >= 0.3 is 0 Å². The van der Waals surface area contributed by atoms with Gasteiger partial charge in [0.2, 0.25) is 0 Å². The van der Waals surface area contributed by atoms with Crippen LogP contribution in [0.1, 0.15) is 5.69 Å². The summed E-state index contributed by atoms with van der Waals surface area (Å²) >= 11 is 5.78. The van der Waals surface area contributed by atoms with Crippen molar-refractivity contribution in [1.82, 2.24) is 4.98 Å². The van der Waals surface area contributed by atoms with Gasteiger partial charge in [0.05, 0.1) is 20.1 Å². The van der Waals surface area contributed by atoms with Crippen molar-refractivity contribution in [3.8, 4) is 22.8 Å². The number of rotatable bonds is 4. The molecule has 2 rings (SSSR count). The summed E-state index contributed by atoms with van der Waals surface area (Å²) in [6, 6.07) is 5.52. The van der Waals surface area contributed by atoms with Gasteiger partial charge in [0.15, 0.2) is 23.7 Å². The van der Waals surface area contributed by atoms with Crippen LogP contribution >= 0.6 is 11.6 Å². The predicted octanol–water partition coefficient (Wildman–Crippen LogP) is 3.10. The Balaban J connectivity index is 2.46. The normalized spacial score (nSPS) is 10.3. The first-order chi connectivity index (χ1) is 8.30. The third-order valence-electron chi connectivity index (χ3n) is 2.41. The molecule has 0 saturated carbocycles. The molecule has 0 aliphatic carbocycles. The number of hydrogen-bond donors (Lipinski definition) is 0. The fraction of sp³-hybridized carbons (Fsp3) is 0.250. The van der Waals surface area contributed by atoms with Gasteiger partial charge in [-0.15, -0.1) is 11.6 Å². The summed E-state index contributed by atoms with van der Waals surface area (Å²) in [7, 11) is 3.18. The van der Waals surface area contributed by atoms with E-state index in [9.17, 15) is 0 Å². The molecule has 0 unspecified atom stereocenters. The Labute approximate surface area is 104 Å². The highest BCUT2D eigenvalue weighted by Gasteiger charge is 2.12. The van der Waals surface area contributed by atoms with Crippen LogP contribution in [0.4, 0.5) is 0 Å². The highest BCUT2D eigenvalue weighted by molar-refractivity contribution is 6.17. The van der Waals surface area contributed by atoms with Crippen molar-refractivity contribution in [1.29, 1.82) is 0 Å². The lowest BCUT2D eigenvalue weighted by Gasteiger charge is -2.08. The molecule has 0 aliphatic rings. The molecule has 0 N–H and O–H groups in total. The van der Waals surface area contributed by atoms with Gasteiger partial charge in [-0.1, -0.05) is 0 Å². The van der Waals surface area contributed by atoms with Crippen LogP contribution in [0.15, 0.2) is 29.0 Å². The number of methoxy groups -OCH3 is 2. The van der Waals surface area contributed by atoms with Gasteiger partial charge in [0.25, 0.3) is 0 Å². The lowest BCUT2D eigenvalue weighted by molar-refractivity contribution is 0.355. The Kier molecular flexibility index (Phi) is 3.54. The Morgan fingerprint density at radius 1 is 1.24 bits per heavy atom. The largest absolute Gasteiger partial charge is 0.493 e. The van der Waals surface area contributed by atoms with Crippen LogP contribution in [-0.2, 0) is 5.88 Å². The second kappa shape index (κ2) is 5.10. The quantitative estimate of drug-likeness (QED) is 0.786. The van der Waals surface area contributed by atoms with E-state index in [4.69, 9.17) is 25.5 Å². The summed E-state index contributed by atoms with van der Waals surface area (Å²) in [4.78, 5) is 4.04. The lowest BCUT2D eigenvalue weighted by atomic mass is 10.1. The molecule has 0 aliphatic heterocycles. The summed E-state index contributed by atoms with van der Waals surface area (Å²) in [6.45, 7) is 0. The minimum absolute atomic E-state index is 0.306. The fourth-order valence-corrected chi connectivity index (χ4v) is 1.77. The molecule has 5 heteroatoms. The maximum absolute atomic E-state index is 5.78. The number of oxazole rings is 1. The maximum Gasteiger partial charge on any atom is 0.181 e. The number of alkyl halides is 1. The first-order valence-electron chi connectivity index (χ1n) is 5.01. The van der Waals surface area contributed by atoms with Crippen LogP contribution in [0.25, 0.3) is 11.3 Å². The van der Waals surface area contributed by atoms with Gasteiger partial charge in [0, 0.05) is 5.56 Å². The van der Waals surface area contributed by atoms with Gasteiger partial charge < -0.3 is 13.9 Å². The lowest BCUT2D eigenvalue weighted by Crippen LogP contribution is -1.91. The summed E-state index contributed by atoms with van der Waals surface area (Å²) in [6.07, 6.45) is 1.38. The van der Waals surface area contributed by atoms with Crippen molar-refractivity contribution in [2.75, 3.05) is 14.2 Å². The number of halogens is 1. The van der Waals surface area contributed by atoms with Crippen molar-refractivity contribution in [3.05, 3.63) is 30.3 Å². The second-order valence-corrected chi connectivity index (χ2v) is 3.60. The molecule has 0 amide bonds. The molecule has 0 radical (unpaired) electrons. The molecule has 1 aromatic carbocycles. The van der Waals surface area contributed by atoms with Gasteiger partial charge in [-0.2, -0.15) is 0 Å². The van der Waals surface area contributed by atoms with E-state index in [2.05, 4.69) is 4.98 Å². The van der Waals surface area contributed by atoms with E-state index in [1.807, 2.05) is 18.2 Å². The monoisotopic (exact) mass is 253 g/mol. The number of benzene rings is 1. The summed E-state index contributed by atoms with van der Waals surface area (Å²) in [5, 5.41) is 0. The minimum atomic E-state index is 0.306. The molecular weight excluding hydrogens is 242 g/mol. The van der Waals surface area contributed by atoms with E-state index in [1.54, 1.807) is 14.2 Å². The fourth-order valence-electron chi connectivity index (χ4n) is 1.58. The molecule has 1 heterocycles. The van der Waals surface area contributed by atoms with Crippen LogP contribution < -0.4 is 9.47 Å². The Bertz CT molecular complexity index is 510. The molecule has 90 valence electrons. The van der Waals surface area contributed by atoms with Crippen molar-refractivity contribution >= 4 is 11.6 Å². The molecule has 0 spiro atoms. The Morgan fingerprint density at radius 3 is 2.65 bits per heavy atom. The van der Waals surface area contributed by atoms with Gasteiger partial charge in [-0.25, -0.2) is 4.98 Å². The van der Waals surface area contributed by atoms with Crippen molar-refractivity contribution in [2.45, 2.75) is 5.88 Å². The topological polar surface area (TPSA) is 44.5 Å². The standard InChI is InChI=1S/C12H12ClNO3/c1-15-10-4-3-8(5-11(10)16-2)12-9(6-13)14-7-17-12/h3-5,7H,6H2,1-2H3. The van der Waals surface area contributed by atoms with E-state index in [-0.39, 0.29) is 0 Å². The number of ether oxygens (including phenoxy) is 2. The zero-order valence-corrected chi connectivity index (χ0v) is 10.3. The van der Waals surface area contributed by atoms with E-state index in [0.29, 0.717) is 28.8 Å². The minimum Gasteiger partial charge on any atom is -0.493 e. The SMILES string of the molecule is COc1ccc(-c2ocnc2CCl)cc1OC. The molecular formula is C12H12ClNO3. The van der Waals surface area contributed by atoms with E-state index in [1.165, 1.54) is 6.39 Å². The van der Waals surface area contributed by atoms with Gasteiger partial charge in [-0.3, -0.25) is 0 Å². The van der Waals surface area contributed by atoms with Crippen LogP contribution in [0.3, 0.4) is 0 Å². The molecule has 2 aromatic rings. The second-order valence-electron chi connectivity index (χ2n) is 3.33. The van der Waals surface area contributed by atoms with Crippen LogP contribution in [0.5, 0.6) is 11.5 Å². The highest BCUT2D eigenvalue weighted by Crippen LogP contribution is 2.33. The van der Waals surface area contributed by atoms with Crippen LogP contribution in [0.2, 0.25) is 0 Å². The predicted molar refractivity (Wildman–Crippen MR) is 64.6 cm³/mol. The third kappa shape index (κ3) is 2.22. The Hall–Kier alpha value is -1.68. The average Bonchev–Trinajstić information content (AvgIpc) is 2.86. The van der Waals surface area contributed by atoms with Crippen molar-refractivity contribution in [3.63, 3.8) is 0 Å². The summed E-state index contributed by atoms with van der Waals surface area (Å²) < 4.78 is 15.7. The summed E-state index contributed by atoms with van der Waals surface area (Å²) in [5.74, 6) is 2.27. The number of hydrogen-bond acceptors (Lipinski definition) is 4. The average molecular weight is 254 g/mol. The van der Waals surface area contributed by atoms with Crippen LogP contribution in [0, 0.1) is 0 Å². The Morgan fingerprint density at radius 2 is 2.00 bits per heavy atom. The van der Waals surface area contributed by atoms with Crippen molar-refractivity contribution < 1.29 is 13.9 Å². The third-order valence-corrected chi connectivity index (χ3v) is 2.67. The molecule has 1 aromatic heterocycles. The van der Waals surface area contributed by atoms with Crippen molar-refractivity contribution in [2.24, 2.45) is 0 Å². The van der Waals surface area contributed by atoms with Gasteiger partial charge in [-0.05, 0) is 18.2 Å². The molecule has 17 heavy (non-hydrogen) atoms. The smallest absolute Gasteiger partial charge is 0.181 e. The maximum atomic E-state index is 5.78. The van der Waals surface area contributed by atoms with Gasteiger partial charge in [0.1, 0.15) is 5.69 Å². The van der Waals surface area contributed by atoms with Crippen LogP contribution in [-0.4, -0.2) is 19.2 Å². The number of nitrogens with zero attached hydrogens (tertiary/aromatic N) is 1. The first kappa shape index (κ1) is 11.8. The number of aromatic nitrogens is 1. The molecule has 0 bridgehead atoms. The van der Waals surface area contributed by atoms with E-state index >= 15 is 0 Å².